The molecule has 2 atom stereocenters. The third-order valence-corrected chi connectivity index (χ3v) is 8.29. The van der Waals surface area contributed by atoms with Crippen LogP contribution in [0.15, 0.2) is 29.3 Å². The minimum atomic E-state index is -0.422. The van der Waals surface area contributed by atoms with E-state index in [4.69, 9.17) is 9.72 Å². The number of thiazole rings is 1. The first-order valence-electron chi connectivity index (χ1n) is 11.6. The number of nitriles is 1. The van der Waals surface area contributed by atoms with Gasteiger partial charge >= 0.3 is 0 Å². The monoisotopic (exact) mass is 494 g/mol. The fraction of sp³-hybridized carbons (Fsp3) is 0.462. The first kappa shape index (κ1) is 24.5. The molecule has 1 aliphatic rings. The molecule has 1 aliphatic carbocycles. The number of carbonyl (C=O) groups is 1. The van der Waals surface area contributed by atoms with Crippen LogP contribution in [-0.4, -0.2) is 27.7 Å². The number of hydrogen-bond donors (Lipinski definition) is 1. The van der Waals surface area contributed by atoms with E-state index >= 15 is 0 Å². The number of ether oxygens (including phenoxy) is 1. The lowest BCUT2D eigenvalue weighted by atomic mass is 9.71. The van der Waals surface area contributed by atoms with Crippen LogP contribution in [0.2, 0.25) is 0 Å². The molecule has 2 aromatic heterocycles. The molecular formula is C26H30N4O2S2. The Balaban J connectivity index is 1.47. The van der Waals surface area contributed by atoms with Crippen molar-refractivity contribution in [1.29, 1.82) is 5.26 Å². The van der Waals surface area contributed by atoms with Gasteiger partial charge in [0.15, 0.2) is 5.13 Å². The van der Waals surface area contributed by atoms with Crippen molar-refractivity contribution in [2.45, 2.75) is 64.2 Å². The Labute approximate surface area is 209 Å². The van der Waals surface area contributed by atoms with Crippen LogP contribution in [-0.2, 0) is 17.6 Å². The molecule has 0 bridgehead atoms. The number of aryl methyl sites for hydroxylation is 1. The largest absolute Gasteiger partial charge is 0.494 e. The average Bonchev–Trinajstić information content (AvgIpc) is 3.19. The van der Waals surface area contributed by atoms with Gasteiger partial charge in [-0.15, -0.1) is 0 Å². The van der Waals surface area contributed by atoms with Crippen LogP contribution in [0.25, 0.3) is 10.2 Å². The van der Waals surface area contributed by atoms with Gasteiger partial charge in [-0.2, -0.15) is 5.26 Å². The summed E-state index contributed by atoms with van der Waals surface area (Å²) < 4.78 is 6.50. The summed E-state index contributed by atoms with van der Waals surface area (Å²) in [5, 5.41) is 13.4. The van der Waals surface area contributed by atoms with Gasteiger partial charge in [-0.1, -0.05) is 43.9 Å². The van der Waals surface area contributed by atoms with Gasteiger partial charge < -0.3 is 10.1 Å². The topological polar surface area (TPSA) is 87.9 Å². The van der Waals surface area contributed by atoms with E-state index in [1.807, 2.05) is 38.1 Å². The van der Waals surface area contributed by atoms with Gasteiger partial charge in [0.05, 0.1) is 27.6 Å². The Morgan fingerprint density at radius 1 is 1.35 bits per heavy atom. The van der Waals surface area contributed by atoms with Gasteiger partial charge in [0.1, 0.15) is 16.8 Å². The van der Waals surface area contributed by atoms with Crippen molar-refractivity contribution in [3.05, 3.63) is 41.1 Å². The molecule has 178 valence electrons. The van der Waals surface area contributed by atoms with Crippen LogP contribution in [0.1, 0.15) is 57.9 Å². The normalized spacial score (nSPS) is 16.5. The molecule has 0 spiro atoms. The zero-order valence-electron chi connectivity index (χ0n) is 20.3. The van der Waals surface area contributed by atoms with Gasteiger partial charge in [-0.05, 0) is 74.3 Å². The van der Waals surface area contributed by atoms with E-state index in [2.05, 4.69) is 37.1 Å². The molecule has 6 nitrogen and oxygen atoms in total. The molecule has 2 unspecified atom stereocenters. The highest BCUT2D eigenvalue weighted by Gasteiger charge is 2.30. The number of benzene rings is 1. The quantitative estimate of drug-likeness (QED) is 0.409. The smallest absolute Gasteiger partial charge is 0.239 e. The Kier molecular flexibility index (Phi) is 7.15. The van der Waals surface area contributed by atoms with Crippen molar-refractivity contribution in [1.82, 2.24) is 9.97 Å². The molecule has 0 aliphatic heterocycles. The third-order valence-electron chi connectivity index (χ3n) is 6.26. The molecule has 1 aromatic carbocycles. The molecule has 2 heterocycles. The second kappa shape index (κ2) is 9.93. The van der Waals surface area contributed by atoms with Crippen molar-refractivity contribution < 1.29 is 9.53 Å². The Hall–Kier alpha value is -2.63. The lowest BCUT2D eigenvalue weighted by Crippen LogP contribution is -2.27. The maximum Gasteiger partial charge on any atom is 0.239 e. The van der Waals surface area contributed by atoms with Gasteiger partial charge in [0.2, 0.25) is 5.91 Å². The summed E-state index contributed by atoms with van der Waals surface area (Å²) >= 11 is 2.75. The highest BCUT2D eigenvalue weighted by atomic mass is 32.2. The molecule has 0 saturated heterocycles. The number of hydrogen-bond acceptors (Lipinski definition) is 7. The maximum atomic E-state index is 12.9. The van der Waals surface area contributed by atoms with E-state index < -0.39 is 5.25 Å². The average molecular weight is 495 g/mol. The standard InChI is InChI=1S/C26H30N4O2S2/c1-6-32-19-8-10-21-22(13-19)34-25(29-21)30-23(31)15(2)33-24-17(14-27)11-16-12-18(26(3,4)5)7-9-20(16)28-24/h8,10-11,13,15,18H,6-7,9,12H2,1-5H3,(H,29,30,31). The molecular weight excluding hydrogens is 464 g/mol. The van der Waals surface area contributed by atoms with Crippen LogP contribution in [0.5, 0.6) is 5.75 Å². The first-order valence-corrected chi connectivity index (χ1v) is 13.3. The molecule has 0 fully saturated rings. The summed E-state index contributed by atoms with van der Waals surface area (Å²) in [6, 6.07) is 9.98. The van der Waals surface area contributed by atoms with Crippen LogP contribution < -0.4 is 10.1 Å². The molecule has 3 aromatic rings. The number of anilines is 1. The summed E-state index contributed by atoms with van der Waals surface area (Å²) in [7, 11) is 0. The Bertz CT molecular complexity index is 1260. The van der Waals surface area contributed by atoms with E-state index in [1.54, 1.807) is 0 Å². The molecule has 34 heavy (non-hydrogen) atoms. The first-order chi connectivity index (χ1) is 16.2. The number of carbonyl (C=O) groups excluding carboxylic acids is 1. The Morgan fingerprint density at radius 2 is 2.15 bits per heavy atom. The van der Waals surface area contributed by atoms with Crippen molar-refractivity contribution in [2.75, 3.05) is 11.9 Å². The van der Waals surface area contributed by atoms with E-state index in [0.29, 0.717) is 28.2 Å². The lowest BCUT2D eigenvalue weighted by molar-refractivity contribution is -0.115. The van der Waals surface area contributed by atoms with E-state index in [0.717, 1.165) is 40.9 Å². The third kappa shape index (κ3) is 5.37. The number of amides is 1. The fourth-order valence-electron chi connectivity index (χ4n) is 4.20. The summed E-state index contributed by atoms with van der Waals surface area (Å²) in [5.74, 6) is 1.21. The predicted molar refractivity (Wildman–Crippen MR) is 139 cm³/mol. The van der Waals surface area contributed by atoms with Crippen molar-refractivity contribution >= 4 is 44.4 Å². The maximum absolute atomic E-state index is 12.9. The Morgan fingerprint density at radius 3 is 2.85 bits per heavy atom. The predicted octanol–water partition coefficient (Wildman–Crippen LogP) is 6.23. The second-order valence-electron chi connectivity index (χ2n) is 9.70. The zero-order valence-corrected chi connectivity index (χ0v) is 21.9. The van der Waals surface area contributed by atoms with E-state index in [9.17, 15) is 10.1 Å². The van der Waals surface area contributed by atoms with Crippen LogP contribution in [0, 0.1) is 22.7 Å². The number of aromatic nitrogens is 2. The van der Waals surface area contributed by atoms with Gasteiger partial charge in [0, 0.05) is 5.69 Å². The minimum Gasteiger partial charge on any atom is -0.494 e. The highest BCUT2D eigenvalue weighted by molar-refractivity contribution is 8.00. The summed E-state index contributed by atoms with van der Waals surface area (Å²) in [6.07, 6.45) is 2.95. The van der Waals surface area contributed by atoms with Gasteiger partial charge in [-0.25, -0.2) is 9.97 Å². The molecule has 0 radical (unpaired) electrons. The molecule has 4 rings (SSSR count). The SMILES string of the molecule is CCOc1ccc2nc(NC(=O)C(C)Sc3nc4c(cc3C#N)CC(C(C)(C)C)CC4)sc2c1. The highest BCUT2D eigenvalue weighted by Crippen LogP contribution is 2.38. The van der Waals surface area contributed by atoms with Crippen LogP contribution in [0.4, 0.5) is 5.13 Å². The van der Waals surface area contributed by atoms with Crippen molar-refractivity contribution in [2.24, 2.45) is 11.3 Å². The van der Waals surface area contributed by atoms with Crippen LogP contribution >= 0.6 is 23.1 Å². The number of pyridine rings is 1. The zero-order chi connectivity index (χ0) is 24.5. The van der Waals surface area contributed by atoms with Crippen molar-refractivity contribution in [3.8, 4) is 11.8 Å². The van der Waals surface area contributed by atoms with Crippen molar-refractivity contribution in [3.63, 3.8) is 0 Å². The van der Waals surface area contributed by atoms with E-state index in [1.165, 1.54) is 28.7 Å². The lowest BCUT2D eigenvalue weighted by Gasteiger charge is -2.34. The fourth-order valence-corrected chi connectivity index (χ4v) is 5.99. The summed E-state index contributed by atoms with van der Waals surface area (Å²) in [5.41, 5.74) is 3.83. The van der Waals surface area contributed by atoms with Gasteiger partial charge in [-0.3, -0.25) is 4.79 Å². The molecule has 1 amide bonds. The summed E-state index contributed by atoms with van der Waals surface area (Å²) in [6.45, 7) is 11.2. The van der Waals surface area contributed by atoms with Crippen LogP contribution in [0.3, 0.4) is 0 Å². The van der Waals surface area contributed by atoms with E-state index in [-0.39, 0.29) is 11.3 Å². The minimum absolute atomic E-state index is 0.162. The molecule has 8 heteroatoms. The number of nitrogens with zero attached hydrogens (tertiary/aromatic N) is 3. The summed E-state index contributed by atoms with van der Waals surface area (Å²) in [4.78, 5) is 22.2. The van der Waals surface area contributed by atoms with Gasteiger partial charge in [0.25, 0.3) is 0 Å². The second-order valence-corrected chi connectivity index (χ2v) is 12.1. The number of nitrogens with one attached hydrogen (secondary N) is 1. The number of thioether (sulfide) groups is 1. The molecule has 1 N–H and O–H groups in total. The number of fused-ring (bicyclic) bond motifs is 2. The number of rotatable bonds is 6. The molecule has 0 saturated carbocycles.